The van der Waals surface area contributed by atoms with Crippen molar-refractivity contribution in [2.45, 2.75) is 43.5 Å². The molecule has 0 aromatic heterocycles. The van der Waals surface area contributed by atoms with E-state index in [1.165, 1.54) is 6.07 Å². The highest BCUT2D eigenvalue weighted by atomic mass is 35.5. The number of nitrogens with one attached hydrogen (secondary N) is 1. The van der Waals surface area contributed by atoms with Crippen LogP contribution in [0.15, 0.2) is 17.0 Å². The van der Waals surface area contributed by atoms with Gasteiger partial charge in [0.05, 0.1) is 16.0 Å². The fourth-order valence-corrected chi connectivity index (χ4v) is 5.11. The van der Waals surface area contributed by atoms with Crippen molar-refractivity contribution in [2.24, 2.45) is 5.92 Å². The fraction of sp³-hybridized carbons (Fsp3) is 0.500. The van der Waals surface area contributed by atoms with Crippen molar-refractivity contribution >= 4 is 39.2 Å². The summed E-state index contributed by atoms with van der Waals surface area (Å²) >= 11 is 12.1. The first-order valence-corrected chi connectivity index (χ1v) is 9.16. The van der Waals surface area contributed by atoms with E-state index < -0.39 is 21.9 Å². The zero-order chi connectivity index (χ0) is 16.5. The predicted octanol–water partition coefficient (Wildman–Crippen LogP) is 3.22. The van der Waals surface area contributed by atoms with Gasteiger partial charge < -0.3 is 5.11 Å². The van der Waals surface area contributed by atoms with Crippen LogP contribution in [0.3, 0.4) is 0 Å². The Morgan fingerprint density at radius 2 is 1.82 bits per heavy atom. The second-order valence-electron chi connectivity index (χ2n) is 5.52. The molecule has 5 nitrogen and oxygen atoms in total. The van der Waals surface area contributed by atoms with Crippen LogP contribution in [-0.4, -0.2) is 25.5 Å². The van der Waals surface area contributed by atoms with Crippen LogP contribution in [0.25, 0.3) is 0 Å². The van der Waals surface area contributed by atoms with Gasteiger partial charge in [-0.2, -0.15) is 0 Å². The number of carboxylic acid groups (broad SMARTS) is 1. The van der Waals surface area contributed by atoms with Crippen molar-refractivity contribution in [1.29, 1.82) is 0 Å². The number of sulfonamides is 1. The molecule has 0 bridgehead atoms. The van der Waals surface area contributed by atoms with Crippen LogP contribution in [0.2, 0.25) is 10.0 Å². The average molecular weight is 366 g/mol. The number of hydrogen-bond donors (Lipinski definition) is 2. The number of carboxylic acids is 1. The van der Waals surface area contributed by atoms with Crippen molar-refractivity contribution in [3.63, 3.8) is 0 Å². The molecule has 0 spiro atoms. The minimum absolute atomic E-state index is 0.0716. The third-order valence-corrected chi connectivity index (χ3v) is 6.54. The zero-order valence-electron chi connectivity index (χ0n) is 12.0. The molecule has 0 amide bonds. The third-order valence-electron chi connectivity index (χ3n) is 3.91. The number of rotatable bonds is 4. The van der Waals surface area contributed by atoms with Gasteiger partial charge in [-0.3, -0.25) is 4.79 Å². The Morgan fingerprint density at radius 3 is 2.36 bits per heavy atom. The lowest BCUT2D eigenvalue weighted by Gasteiger charge is -2.27. The summed E-state index contributed by atoms with van der Waals surface area (Å²) in [5, 5.41) is 9.15. The van der Waals surface area contributed by atoms with Gasteiger partial charge in [-0.15, -0.1) is 0 Å². The second-order valence-corrected chi connectivity index (χ2v) is 7.95. The molecule has 0 aliphatic heterocycles. The summed E-state index contributed by atoms with van der Waals surface area (Å²) in [6.45, 7) is 1.70. The maximum atomic E-state index is 12.5. The minimum atomic E-state index is -3.84. The summed E-state index contributed by atoms with van der Waals surface area (Å²) in [7, 11) is -3.84. The van der Waals surface area contributed by atoms with Gasteiger partial charge in [0, 0.05) is 6.04 Å². The van der Waals surface area contributed by atoms with E-state index in [0.29, 0.717) is 31.2 Å². The average Bonchev–Trinajstić information content (AvgIpc) is 2.43. The van der Waals surface area contributed by atoms with Crippen molar-refractivity contribution in [3.8, 4) is 0 Å². The molecular formula is C14H17Cl2NO4S. The molecule has 8 heteroatoms. The van der Waals surface area contributed by atoms with Gasteiger partial charge >= 0.3 is 5.97 Å². The van der Waals surface area contributed by atoms with Crippen molar-refractivity contribution < 1.29 is 18.3 Å². The Hall–Kier alpha value is -0.820. The smallest absolute Gasteiger partial charge is 0.306 e. The lowest BCUT2D eigenvalue weighted by Crippen LogP contribution is -2.38. The van der Waals surface area contributed by atoms with Crippen LogP contribution < -0.4 is 4.72 Å². The maximum absolute atomic E-state index is 12.5. The number of halogens is 2. The van der Waals surface area contributed by atoms with E-state index in [9.17, 15) is 13.2 Å². The Kier molecular flexibility index (Phi) is 5.37. The summed E-state index contributed by atoms with van der Waals surface area (Å²) in [6, 6.07) is 2.86. The van der Waals surface area contributed by atoms with Gasteiger partial charge in [0.1, 0.15) is 4.90 Å². The highest BCUT2D eigenvalue weighted by Crippen LogP contribution is 2.33. The maximum Gasteiger partial charge on any atom is 0.306 e. The Labute approximate surface area is 139 Å². The standard InChI is InChI=1S/C14H17Cl2NO4S/c1-8-2-7-11(15)13(12(8)16)22(20,21)17-10-5-3-9(4-6-10)14(18)19/h2,7,9-10,17H,3-6H2,1H3,(H,18,19). The summed E-state index contributed by atoms with van der Waals surface area (Å²) < 4.78 is 27.6. The van der Waals surface area contributed by atoms with Crippen molar-refractivity contribution in [1.82, 2.24) is 4.72 Å². The van der Waals surface area contributed by atoms with Crippen LogP contribution in [0.4, 0.5) is 0 Å². The number of aryl methyl sites for hydroxylation is 1. The van der Waals surface area contributed by atoms with E-state index in [2.05, 4.69) is 4.72 Å². The topological polar surface area (TPSA) is 83.5 Å². The number of aliphatic carboxylic acids is 1. The SMILES string of the molecule is Cc1ccc(Cl)c(S(=O)(=O)NC2CCC(C(=O)O)CC2)c1Cl. The second kappa shape index (κ2) is 6.74. The normalized spacial score (nSPS) is 22.5. The third kappa shape index (κ3) is 3.74. The molecule has 1 aliphatic carbocycles. The van der Waals surface area contributed by atoms with E-state index in [-0.39, 0.29) is 21.0 Å². The van der Waals surface area contributed by atoms with E-state index in [1.54, 1.807) is 13.0 Å². The summed E-state index contributed by atoms with van der Waals surface area (Å²) in [6.07, 6.45) is 1.88. The molecular weight excluding hydrogens is 349 g/mol. The lowest BCUT2D eigenvalue weighted by molar-refractivity contribution is -0.142. The van der Waals surface area contributed by atoms with Crippen molar-refractivity contribution in [2.75, 3.05) is 0 Å². The predicted molar refractivity (Wildman–Crippen MR) is 84.9 cm³/mol. The molecule has 22 heavy (non-hydrogen) atoms. The molecule has 1 saturated carbocycles. The summed E-state index contributed by atoms with van der Waals surface area (Å²) in [5.41, 5.74) is 0.626. The van der Waals surface area contributed by atoms with Crippen molar-refractivity contribution in [3.05, 3.63) is 27.7 Å². The first-order chi connectivity index (χ1) is 10.2. The molecule has 1 aliphatic rings. The van der Waals surface area contributed by atoms with E-state index in [0.717, 1.165) is 0 Å². The molecule has 1 fully saturated rings. The number of hydrogen-bond acceptors (Lipinski definition) is 3. The lowest BCUT2D eigenvalue weighted by atomic mass is 9.87. The summed E-state index contributed by atoms with van der Waals surface area (Å²) in [4.78, 5) is 10.8. The molecule has 2 rings (SSSR count). The molecule has 122 valence electrons. The number of carbonyl (C=O) groups is 1. The Morgan fingerprint density at radius 1 is 1.23 bits per heavy atom. The molecule has 0 radical (unpaired) electrons. The fourth-order valence-electron chi connectivity index (χ4n) is 2.61. The molecule has 0 heterocycles. The van der Waals surface area contributed by atoms with Gasteiger partial charge in [0.25, 0.3) is 0 Å². The van der Waals surface area contributed by atoms with E-state index in [1.807, 2.05) is 0 Å². The van der Waals surface area contributed by atoms with Crippen LogP contribution in [0.1, 0.15) is 31.2 Å². The monoisotopic (exact) mass is 365 g/mol. The quantitative estimate of drug-likeness (QED) is 0.857. The largest absolute Gasteiger partial charge is 0.481 e. The molecule has 0 unspecified atom stereocenters. The molecule has 0 atom stereocenters. The van der Waals surface area contributed by atoms with Crippen LogP contribution in [0.5, 0.6) is 0 Å². The minimum Gasteiger partial charge on any atom is -0.481 e. The van der Waals surface area contributed by atoms with Gasteiger partial charge in [0.15, 0.2) is 0 Å². The molecule has 1 aromatic rings. The number of benzene rings is 1. The first kappa shape index (κ1) is 17.5. The van der Waals surface area contributed by atoms with Gasteiger partial charge in [-0.1, -0.05) is 29.3 Å². The Bertz CT molecular complexity index is 682. The first-order valence-electron chi connectivity index (χ1n) is 6.92. The summed E-state index contributed by atoms with van der Waals surface area (Å²) in [5.74, 6) is -1.22. The van der Waals surface area contributed by atoms with Gasteiger partial charge in [-0.25, -0.2) is 13.1 Å². The van der Waals surface area contributed by atoms with Crippen LogP contribution >= 0.6 is 23.2 Å². The van der Waals surface area contributed by atoms with Crippen LogP contribution in [-0.2, 0) is 14.8 Å². The Balaban J connectivity index is 2.17. The van der Waals surface area contributed by atoms with Gasteiger partial charge in [0.2, 0.25) is 10.0 Å². The van der Waals surface area contributed by atoms with Crippen LogP contribution in [0, 0.1) is 12.8 Å². The zero-order valence-corrected chi connectivity index (χ0v) is 14.3. The van der Waals surface area contributed by atoms with Gasteiger partial charge in [-0.05, 0) is 44.2 Å². The molecule has 1 aromatic carbocycles. The van der Waals surface area contributed by atoms with E-state index >= 15 is 0 Å². The highest BCUT2D eigenvalue weighted by Gasteiger charge is 2.30. The molecule has 0 saturated heterocycles. The highest BCUT2D eigenvalue weighted by molar-refractivity contribution is 7.89. The van der Waals surface area contributed by atoms with E-state index in [4.69, 9.17) is 28.3 Å². The molecule has 2 N–H and O–H groups in total.